The number of hydrogen-bond acceptors (Lipinski definition) is 3. The third-order valence-electron chi connectivity index (χ3n) is 2.79. The van der Waals surface area contributed by atoms with Gasteiger partial charge in [-0.15, -0.1) is 0 Å². The molecule has 14 heavy (non-hydrogen) atoms. The number of anilines is 2. The summed E-state index contributed by atoms with van der Waals surface area (Å²) in [5.74, 6) is 0. The zero-order valence-electron chi connectivity index (χ0n) is 8.40. The lowest BCUT2D eigenvalue weighted by molar-refractivity contribution is 0.198. The first-order chi connectivity index (χ1) is 6.66. The third kappa shape index (κ3) is 1.68. The van der Waals surface area contributed by atoms with Crippen LogP contribution < -0.4 is 10.6 Å². The third-order valence-corrected chi connectivity index (χ3v) is 2.79. The largest absolute Gasteiger partial charge is 0.398 e. The van der Waals surface area contributed by atoms with Gasteiger partial charge in [-0.25, -0.2) is 0 Å². The predicted octanol–water partition coefficient (Wildman–Crippen LogP) is 1.15. The minimum atomic E-state index is -0.183. The number of aryl methyl sites for hydroxylation is 1. The number of aliphatic hydroxyl groups is 1. The first-order valence-electron chi connectivity index (χ1n) is 4.96. The lowest BCUT2D eigenvalue weighted by atomic mass is 10.2. The van der Waals surface area contributed by atoms with Gasteiger partial charge in [0, 0.05) is 24.5 Å². The molecule has 0 radical (unpaired) electrons. The summed E-state index contributed by atoms with van der Waals surface area (Å²) in [6, 6.07) is 6.06. The second kappa shape index (κ2) is 3.50. The molecule has 1 aromatic carbocycles. The van der Waals surface area contributed by atoms with Crippen molar-refractivity contribution in [1.82, 2.24) is 0 Å². The van der Waals surface area contributed by atoms with Crippen molar-refractivity contribution in [3.8, 4) is 0 Å². The van der Waals surface area contributed by atoms with Crippen molar-refractivity contribution in [3.05, 3.63) is 23.8 Å². The minimum Gasteiger partial charge on any atom is -0.398 e. The number of nitrogens with two attached hydrogens (primary N) is 1. The SMILES string of the molecule is Cc1ccc(N2CCC(O)C2)cc1N. The molecule has 2 rings (SSSR count). The lowest BCUT2D eigenvalue weighted by Gasteiger charge is -2.18. The number of hydrogen-bond donors (Lipinski definition) is 2. The fraction of sp³-hybridized carbons (Fsp3) is 0.455. The molecule has 3 N–H and O–H groups in total. The van der Waals surface area contributed by atoms with Crippen LogP contribution in [0.5, 0.6) is 0 Å². The summed E-state index contributed by atoms with van der Waals surface area (Å²) in [7, 11) is 0. The van der Waals surface area contributed by atoms with Crippen LogP contribution in [0.15, 0.2) is 18.2 Å². The minimum absolute atomic E-state index is 0.183. The van der Waals surface area contributed by atoms with E-state index in [1.807, 2.05) is 19.1 Å². The van der Waals surface area contributed by atoms with Crippen molar-refractivity contribution in [2.45, 2.75) is 19.4 Å². The molecular weight excluding hydrogens is 176 g/mol. The van der Waals surface area contributed by atoms with E-state index in [0.29, 0.717) is 0 Å². The van der Waals surface area contributed by atoms with Crippen LogP contribution in [-0.2, 0) is 0 Å². The van der Waals surface area contributed by atoms with Crippen molar-refractivity contribution in [3.63, 3.8) is 0 Å². The topological polar surface area (TPSA) is 49.5 Å². The molecule has 1 unspecified atom stereocenters. The Morgan fingerprint density at radius 1 is 1.50 bits per heavy atom. The number of nitrogen functional groups attached to an aromatic ring is 1. The van der Waals surface area contributed by atoms with Gasteiger partial charge >= 0.3 is 0 Å². The number of nitrogens with zero attached hydrogens (tertiary/aromatic N) is 1. The second-order valence-electron chi connectivity index (χ2n) is 3.93. The predicted molar refractivity (Wildman–Crippen MR) is 58.4 cm³/mol. The molecule has 0 aliphatic carbocycles. The van der Waals surface area contributed by atoms with Gasteiger partial charge in [0.1, 0.15) is 0 Å². The number of rotatable bonds is 1. The maximum atomic E-state index is 9.41. The monoisotopic (exact) mass is 192 g/mol. The number of β-amino-alcohol motifs (C(OH)–C–C–N with tert-alkyl or cyclic N) is 1. The van der Waals surface area contributed by atoms with E-state index in [1.165, 1.54) is 0 Å². The molecule has 0 bridgehead atoms. The zero-order valence-corrected chi connectivity index (χ0v) is 8.40. The molecule has 3 heteroatoms. The molecule has 1 saturated heterocycles. The van der Waals surface area contributed by atoms with Crippen LogP contribution in [0, 0.1) is 6.92 Å². The first-order valence-corrected chi connectivity index (χ1v) is 4.96. The highest BCUT2D eigenvalue weighted by Crippen LogP contribution is 2.24. The maximum absolute atomic E-state index is 9.41. The van der Waals surface area contributed by atoms with Crippen LogP contribution >= 0.6 is 0 Å². The van der Waals surface area contributed by atoms with Gasteiger partial charge in [0.05, 0.1) is 6.10 Å². The van der Waals surface area contributed by atoms with Gasteiger partial charge in [0.15, 0.2) is 0 Å². The van der Waals surface area contributed by atoms with Gasteiger partial charge in [-0.3, -0.25) is 0 Å². The van der Waals surface area contributed by atoms with Crippen molar-refractivity contribution in [2.75, 3.05) is 23.7 Å². The van der Waals surface area contributed by atoms with E-state index in [-0.39, 0.29) is 6.10 Å². The normalized spacial score (nSPS) is 21.6. The van der Waals surface area contributed by atoms with Crippen LogP contribution in [0.25, 0.3) is 0 Å². The van der Waals surface area contributed by atoms with Crippen LogP contribution in [0.4, 0.5) is 11.4 Å². The van der Waals surface area contributed by atoms with Gasteiger partial charge in [-0.05, 0) is 31.0 Å². The molecule has 0 saturated carbocycles. The van der Waals surface area contributed by atoms with E-state index >= 15 is 0 Å². The zero-order chi connectivity index (χ0) is 10.1. The molecule has 76 valence electrons. The van der Waals surface area contributed by atoms with E-state index in [4.69, 9.17) is 5.73 Å². The van der Waals surface area contributed by atoms with Gasteiger partial charge < -0.3 is 15.7 Å². The molecule has 0 amide bonds. The van der Waals surface area contributed by atoms with Crippen molar-refractivity contribution in [1.29, 1.82) is 0 Å². The summed E-state index contributed by atoms with van der Waals surface area (Å²) in [5, 5.41) is 9.41. The molecule has 1 aromatic rings. The van der Waals surface area contributed by atoms with Gasteiger partial charge in [0.2, 0.25) is 0 Å². The number of aliphatic hydroxyl groups excluding tert-OH is 1. The average Bonchev–Trinajstić information content (AvgIpc) is 2.57. The van der Waals surface area contributed by atoms with Crippen LogP contribution in [0.1, 0.15) is 12.0 Å². The second-order valence-corrected chi connectivity index (χ2v) is 3.93. The van der Waals surface area contributed by atoms with Crippen LogP contribution in [0.2, 0.25) is 0 Å². The Bertz CT molecular complexity index is 338. The summed E-state index contributed by atoms with van der Waals surface area (Å²) in [5.41, 5.74) is 8.88. The molecule has 1 heterocycles. The quantitative estimate of drug-likeness (QED) is 0.656. The van der Waals surface area contributed by atoms with E-state index < -0.39 is 0 Å². The molecule has 1 fully saturated rings. The Morgan fingerprint density at radius 3 is 2.86 bits per heavy atom. The Balaban J connectivity index is 2.20. The fourth-order valence-corrected chi connectivity index (χ4v) is 1.80. The van der Waals surface area contributed by atoms with Crippen LogP contribution in [-0.4, -0.2) is 24.3 Å². The van der Waals surface area contributed by atoms with Gasteiger partial charge in [-0.2, -0.15) is 0 Å². The first kappa shape index (κ1) is 9.34. The van der Waals surface area contributed by atoms with Crippen molar-refractivity contribution >= 4 is 11.4 Å². The standard InChI is InChI=1S/C11H16N2O/c1-8-2-3-9(6-11(8)12)13-5-4-10(14)7-13/h2-3,6,10,14H,4-5,7,12H2,1H3. The highest BCUT2D eigenvalue weighted by molar-refractivity contribution is 5.60. The van der Waals surface area contributed by atoms with Crippen molar-refractivity contribution < 1.29 is 5.11 Å². The van der Waals surface area contributed by atoms with Crippen LogP contribution in [0.3, 0.4) is 0 Å². The molecule has 0 spiro atoms. The highest BCUT2D eigenvalue weighted by atomic mass is 16.3. The Kier molecular flexibility index (Phi) is 2.33. The summed E-state index contributed by atoms with van der Waals surface area (Å²) in [4.78, 5) is 2.17. The Morgan fingerprint density at radius 2 is 2.29 bits per heavy atom. The molecular formula is C11H16N2O. The highest BCUT2D eigenvalue weighted by Gasteiger charge is 2.20. The molecule has 0 aromatic heterocycles. The fourth-order valence-electron chi connectivity index (χ4n) is 1.80. The van der Waals surface area contributed by atoms with Gasteiger partial charge in [-0.1, -0.05) is 6.07 Å². The van der Waals surface area contributed by atoms with E-state index in [2.05, 4.69) is 11.0 Å². The smallest absolute Gasteiger partial charge is 0.0731 e. The van der Waals surface area contributed by atoms with E-state index in [9.17, 15) is 5.11 Å². The lowest BCUT2D eigenvalue weighted by Crippen LogP contribution is -2.21. The van der Waals surface area contributed by atoms with Crippen molar-refractivity contribution in [2.24, 2.45) is 0 Å². The Hall–Kier alpha value is -1.22. The summed E-state index contributed by atoms with van der Waals surface area (Å²) < 4.78 is 0. The maximum Gasteiger partial charge on any atom is 0.0731 e. The summed E-state index contributed by atoms with van der Waals surface area (Å²) >= 11 is 0. The average molecular weight is 192 g/mol. The van der Waals surface area contributed by atoms with Gasteiger partial charge in [0.25, 0.3) is 0 Å². The molecule has 1 atom stereocenters. The molecule has 3 nitrogen and oxygen atoms in total. The van der Waals surface area contributed by atoms with E-state index in [0.717, 1.165) is 36.4 Å². The summed E-state index contributed by atoms with van der Waals surface area (Å²) in [6.45, 7) is 3.64. The summed E-state index contributed by atoms with van der Waals surface area (Å²) in [6.07, 6.45) is 0.672. The number of benzene rings is 1. The van der Waals surface area contributed by atoms with E-state index in [1.54, 1.807) is 0 Å². The molecule has 1 aliphatic rings. The Labute approximate surface area is 84.1 Å². The molecule has 1 aliphatic heterocycles.